The van der Waals surface area contributed by atoms with Gasteiger partial charge in [-0.2, -0.15) is 0 Å². The van der Waals surface area contributed by atoms with Gasteiger partial charge < -0.3 is 9.80 Å². The second-order valence-electron chi connectivity index (χ2n) is 6.65. The van der Waals surface area contributed by atoms with Gasteiger partial charge in [-0.25, -0.2) is 0 Å². The van der Waals surface area contributed by atoms with Crippen LogP contribution in [0, 0.1) is 0 Å². The van der Waals surface area contributed by atoms with Gasteiger partial charge in [-0.1, -0.05) is 37.3 Å². The lowest BCUT2D eigenvalue weighted by molar-refractivity contribution is -0.135. The highest BCUT2D eigenvalue weighted by atomic mass is 32.2. The van der Waals surface area contributed by atoms with E-state index in [4.69, 9.17) is 0 Å². The smallest absolute Gasteiger partial charge is 0.233 e. The minimum absolute atomic E-state index is 0.0884. The molecule has 1 aromatic rings. The summed E-state index contributed by atoms with van der Waals surface area (Å²) in [5, 5.41) is 0. The number of thioether (sulfide) groups is 1. The SMILES string of the molecule is CCCC(=O)N1CCC2(CC1)SCC(=O)N2CCc1ccccc1. The first-order chi connectivity index (χ1) is 11.6. The van der Waals surface area contributed by atoms with Crippen LogP contribution >= 0.6 is 11.8 Å². The van der Waals surface area contributed by atoms with Gasteiger partial charge in [0, 0.05) is 26.1 Å². The Morgan fingerprint density at radius 3 is 2.58 bits per heavy atom. The van der Waals surface area contributed by atoms with E-state index in [0.717, 1.165) is 45.3 Å². The molecule has 0 radical (unpaired) electrons. The van der Waals surface area contributed by atoms with E-state index in [1.165, 1.54) is 5.56 Å². The highest BCUT2D eigenvalue weighted by Crippen LogP contribution is 2.44. The summed E-state index contributed by atoms with van der Waals surface area (Å²) < 4.78 is 0. The highest BCUT2D eigenvalue weighted by Gasteiger charge is 2.47. The Labute approximate surface area is 148 Å². The van der Waals surface area contributed by atoms with Crippen LogP contribution in [0.4, 0.5) is 0 Å². The summed E-state index contributed by atoms with van der Waals surface area (Å²) in [5.74, 6) is 1.10. The molecule has 0 aliphatic carbocycles. The number of carbonyl (C=O) groups is 2. The number of rotatable bonds is 5. The van der Waals surface area contributed by atoms with E-state index in [9.17, 15) is 9.59 Å². The standard InChI is InChI=1S/C19H26N2O2S/c1-2-6-17(22)20-13-10-19(11-14-20)21(18(23)15-24-19)12-9-16-7-4-3-5-8-16/h3-5,7-8H,2,6,9-15H2,1H3. The van der Waals surface area contributed by atoms with Gasteiger partial charge in [-0.05, 0) is 31.2 Å². The van der Waals surface area contributed by atoms with Gasteiger partial charge in [-0.15, -0.1) is 11.8 Å². The first kappa shape index (κ1) is 17.3. The van der Waals surface area contributed by atoms with Crippen molar-refractivity contribution >= 4 is 23.6 Å². The monoisotopic (exact) mass is 346 g/mol. The summed E-state index contributed by atoms with van der Waals surface area (Å²) >= 11 is 1.78. The minimum atomic E-state index is -0.0884. The number of piperidine rings is 1. The molecule has 2 heterocycles. The van der Waals surface area contributed by atoms with Crippen LogP contribution in [-0.4, -0.2) is 51.9 Å². The third-order valence-corrected chi connectivity index (χ3v) is 6.64. The second kappa shape index (κ2) is 7.60. The summed E-state index contributed by atoms with van der Waals surface area (Å²) in [6.07, 6.45) is 4.22. The molecule has 2 aliphatic rings. The molecule has 2 fully saturated rings. The van der Waals surface area contributed by atoms with Gasteiger partial charge in [0.1, 0.15) is 0 Å². The van der Waals surface area contributed by atoms with Gasteiger partial charge in [0.05, 0.1) is 10.6 Å². The van der Waals surface area contributed by atoms with Crippen LogP contribution < -0.4 is 0 Å². The van der Waals surface area contributed by atoms with Crippen molar-refractivity contribution in [2.75, 3.05) is 25.4 Å². The van der Waals surface area contributed by atoms with E-state index in [1.54, 1.807) is 11.8 Å². The molecular formula is C19H26N2O2S. The fraction of sp³-hybridized carbons (Fsp3) is 0.579. The molecule has 4 nitrogen and oxygen atoms in total. The molecular weight excluding hydrogens is 320 g/mol. The van der Waals surface area contributed by atoms with E-state index in [2.05, 4.69) is 17.0 Å². The number of likely N-dealkylation sites (tertiary alicyclic amines) is 1. The summed E-state index contributed by atoms with van der Waals surface area (Å²) in [4.78, 5) is 28.5. The molecule has 0 aromatic heterocycles. The predicted octanol–water partition coefficient (Wildman–Crippen LogP) is 2.92. The fourth-order valence-corrected chi connectivity index (χ4v) is 5.05. The lowest BCUT2D eigenvalue weighted by atomic mass is 10.0. The third kappa shape index (κ3) is 3.61. The van der Waals surface area contributed by atoms with Crippen LogP contribution in [0.25, 0.3) is 0 Å². The topological polar surface area (TPSA) is 40.6 Å². The van der Waals surface area contributed by atoms with Gasteiger partial charge in [0.15, 0.2) is 0 Å². The maximum absolute atomic E-state index is 12.4. The van der Waals surface area contributed by atoms with E-state index >= 15 is 0 Å². The van der Waals surface area contributed by atoms with Crippen molar-refractivity contribution in [2.45, 2.75) is 43.9 Å². The molecule has 0 bridgehead atoms. The quantitative estimate of drug-likeness (QED) is 0.823. The number of hydrogen-bond acceptors (Lipinski definition) is 3. The number of benzene rings is 1. The van der Waals surface area contributed by atoms with Crippen LogP contribution in [0.5, 0.6) is 0 Å². The van der Waals surface area contributed by atoms with Gasteiger partial charge >= 0.3 is 0 Å². The summed E-state index contributed by atoms with van der Waals surface area (Å²) in [7, 11) is 0. The zero-order chi connectivity index (χ0) is 17.0. The maximum atomic E-state index is 12.4. The third-order valence-electron chi connectivity index (χ3n) is 5.09. The Morgan fingerprint density at radius 2 is 1.92 bits per heavy atom. The molecule has 0 atom stereocenters. The summed E-state index contributed by atoms with van der Waals surface area (Å²) in [5.41, 5.74) is 1.27. The van der Waals surface area contributed by atoms with Crippen LogP contribution in [-0.2, 0) is 16.0 Å². The van der Waals surface area contributed by atoms with Gasteiger partial charge in [-0.3, -0.25) is 9.59 Å². The van der Waals surface area contributed by atoms with E-state index in [1.807, 2.05) is 30.0 Å². The Kier molecular flexibility index (Phi) is 5.49. The van der Waals surface area contributed by atoms with Crippen molar-refractivity contribution in [3.8, 4) is 0 Å². The molecule has 130 valence electrons. The van der Waals surface area contributed by atoms with E-state index < -0.39 is 0 Å². The van der Waals surface area contributed by atoms with Crippen LogP contribution in [0.2, 0.25) is 0 Å². The molecule has 0 N–H and O–H groups in total. The van der Waals surface area contributed by atoms with Crippen LogP contribution in [0.15, 0.2) is 30.3 Å². The molecule has 24 heavy (non-hydrogen) atoms. The molecule has 1 aromatic carbocycles. The minimum Gasteiger partial charge on any atom is -0.342 e. The van der Waals surface area contributed by atoms with Crippen LogP contribution in [0.1, 0.15) is 38.2 Å². The lowest BCUT2D eigenvalue weighted by Gasteiger charge is -2.44. The van der Waals surface area contributed by atoms with Crippen molar-refractivity contribution < 1.29 is 9.59 Å². The van der Waals surface area contributed by atoms with Gasteiger partial charge in [0.2, 0.25) is 11.8 Å². The molecule has 3 rings (SSSR count). The summed E-state index contributed by atoms with van der Waals surface area (Å²) in [6.45, 7) is 4.38. The molecule has 2 saturated heterocycles. The molecule has 2 amide bonds. The second-order valence-corrected chi connectivity index (χ2v) is 7.98. The first-order valence-electron chi connectivity index (χ1n) is 8.91. The Morgan fingerprint density at radius 1 is 1.21 bits per heavy atom. The number of nitrogens with zero attached hydrogens (tertiary/aromatic N) is 2. The van der Waals surface area contributed by atoms with E-state index in [0.29, 0.717) is 12.2 Å². The van der Waals surface area contributed by atoms with Crippen molar-refractivity contribution in [3.05, 3.63) is 35.9 Å². The summed E-state index contributed by atoms with van der Waals surface area (Å²) in [6, 6.07) is 10.3. The van der Waals surface area contributed by atoms with Gasteiger partial charge in [0.25, 0.3) is 0 Å². The van der Waals surface area contributed by atoms with Crippen molar-refractivity contribution in [2.24, 2.45) is 0 Å². The first-order valence-corrected chi connectivity index (χ1v) is 9.89. The Balaban J connectivity index is 1.62. The number of amides is 2. The number of hydrogen-bond donors (Lipinski definition) is 0. The van der Waals surface area contributed by atoms with Crippen molar-refractivity contribution in [1.82, 2.24) is 9.80 Å². The fourth-order valence-electron chi connectivity index (χ4n) is 3.68. The molecule has 2 aliphatic heterocycles. The normalized spacial score (nSPS) is 20.0. The zero-order valence-corrected chi connectivity index (χ0v) is 15.2. The average Bonchev–Trinajstić information content (AvgIpc) is 2.90. The molecule has 5 heteroatoms. The Bertz CT molecular complexity index is 582. The Hall–Kier alpha value is -1.49. The maximum Gasteiger partial charge on any atom is 0.233 e. The van der Waals surface area contributed by atoms with Crippen molar-refractivity contribution in [3.63, 3.8) is 0 Å². The predicted molar refractivity (Wildman–Crippen MR) is 97.8 cm³/mol. The molecule has 0 saturated carbocycles. The van der Waals surface area contributed by atoms with Crippen LogP contribution in [0.3, 0.4) is 0 Å². The largest absolute Gasteiger partial charge is 0.342 e. The van der Waals surface area contributed by atoms with Crippen molar-refractivity contribution in [1.29, 1.82) is 0 Å². The molecule has 1 spiro atoms. The number of carbonyl (C=O) groups excluding carboxylic acids is 2. The molecule has 0 unspecified atom stereocenters. The zero-order valence-electron chi connectivity index (χ0n) is 14.4. The average molecular weight is 346 g/mol. The highest BCUT2D eigenvalue weighted by molar-refractivity contribution is 8.01. The van der Waals surface area contributed by atoms with E-state index in [-0.39, 0.29) is 16.7 Å². The lowest BCUT2D eigenvalue weighted by Crippen LogP contribution is -2.53.